The lowest BCUT2D eigenvalue weighted by Gasteiger charge is -2.09. The average molecular weight is 520 g/mol. The van der Waals surface area contributed by atoms with Crippen LogP contribution in [0.25, 0.3) is 33.1 Å². The number of nitrogens with zero attached hydrogens (tertiary/aromatic N) is 4. The van der Waals surface area contributed by atoms with Gasteiger partial charge in [-0.2, -0.15) is 10.4 Å². The van der Waals surface area contributed by atoms with Gasteiger partial charge in [0.25, 0.3) is 5.91 Å². The number of nitriles is 1. The molecule has 6 heteroatoms. The Labute approximate surface area is 231 Å². The van der Waals surface area contributed by atoms with Gasteiger partial charge in [0.15, 0.2) is 0 Å². The molecule has 40 heavy (non-hydrogen) atoms. The summed E-state index contributed by atoms with van der Waals surface area (Å²) in [5, 5.41) is 15.3. The topological polar surface area (TPSA) is 83.1 Å². The van der Waals surface area contributed by atoms with Crippen LogP contribution in [-0.4, -0.2) is 21.7 Å². The van der Waals surface area contributed by atoms with E-state index < -0.39 is 0 Å². The van der Waals surface area contributed by atoms with Gasteiger partial charge in [0.1, 0.15) is 0 Å². The molecular weight excluding hydrogens is 494 g/mol. The van der Waals surface area contributed by atoms with E-state index in [0.29, 0.717) is 17.7 Å². The van der Waals surface area contributed by atoms with Crippen molar-refractivity contribution < 1.29 is 4.79 Å². The zero-order valence-corrected chi connectivity index (χ0v) is 21.9. The first kappa shape index (κ1) is 24.8. The summed E-state index contributed by atoms with van der Waals surface area (Å²) >= 11 is 0. The van der Waals surface area contributed by atoms with Crippen LogP contribution in [0.3, 0.4) is 0 Å². The molecule has 0 saturated carbocycles. The first-order chi connectivity index (χ1) is 19.6. The third-order valence-corrected chi connectivity index (χ3v) is 7.09. The van der Waals surface area contributed by atoms with Gasteiger partial charge in [-0.05, 0) is 42.8 Å². The molecule has 1 N–H and O–H groups in total. The molecule has 0 fully saturated rings. The van der Waals surface area contributed by atoms with Crippen LogP contribution in [0.2, 0.25) is 0 Å². The number of rotatable bonds is 6. The number of nitrogens with one attached hydrogen (secondary N) is 1. The van der Waals surface area contributed by atoms with Crippen LogP contribution in [0, 0.1) is 18.3 Å². The molecule has 2 aromatic heterocycles. The highest BCUT2D eigenvalue weighted by molar-refractivity contribution is 6.08. The van der Waals surface area contributed by atoms with Crippen molar-refractivity contribution >= 4 is 33.9 Å². The van der Waals surface area contributed by atoms with Crippen molar-refractivity contribution in [3.05, 3.63) is 137 Å². The first-order valence-corrected chi connectivity index (χ1v) is 13.0. The summed E-state index contributed by atoms with van der Waals surface area (Å²) in [6.07, 6.45) is 1.71. The first-order valence-electron chi connectivity index (χ1n) is 13.0. The van der Waals surface area contributed by atoms with Crippen molar-refractivity contribution in [2.24, 2.45) is 5.10 Å². The molecule has 6 rings (SSSR count). The van der Waals surface area contributed by atoms with Crippen LogP contribution in [0.4, 0.5) is 0 Å². The van der Waals surface area contributed by atoms with Crippen LogP contribution in [-0.2, 0) is 6.54 Å². The zero-order valence-electron chi connectivity index (χ0n) is 21.9. The summed E-state index contributed by atoms with van der Waals surface area (Å²) in [5.41, 5.74) is 10.5. The van der Waals surface area contributed by atoms with Gasteiger partial charge in [0.05, 0.1) is 34.6 Å². The maximum atomic E-state index is 13.4. The molecule has 6 aromatic rings. The lowest BCUT2D eigenvalue weighted by atomic mass is 10.0. The van der Waals surface area contributed by atoms with E-state index in [-0.39, 0.29) is 5.91 Å². The van der Waals surface area contributed by atoms with Crippen molar-refractivity contribution in [2.45, 2.75) is 13.5 Å². The van der Waals surface area contributed by atoms with E-state index in [4.69, 9.17) is 10.2 Å². The number of pyridine rings is 1. The fourth-order valence-corrected chi connectivity index (χ4v) is 5.03. The third-order valence-electron chi connectivity index (χ3n) is 7.09. The SMILES string of the molecule is Cc1c(/C=N\NC(=O)c2cc(-c3ccccc3)nc3ccccc23)c2ccccc2n1Cc1ccc(C#N)cc1. The minimum Gasteiger partial charge on any atom is -0.340 e. The molecule has 0 spiro atoms. The third kappa shape index (κ3) is 4.72. The highest BCUT2D eigenvalue weighted by atomic mass is 16.2. The second-order valence-corrected chi connectivity index (χ2v) is 9.55. The van der Waals surface area contributed by atoms with Gasteiger partial charge >= 0.3 is 0 Å². The molecule has 0 radical (unpaired) electrons. The Hall–Kier alpha value is -5.54. The molecule has 0 unspecified atom stereocenters. The molecule has 192 valence electrons. The van der Waals surface area contributed by atoms with Gasteiger partial charge in [-0.1, -0.05) is 78.9 Å². The highest BCUT2D eigenvalue weighted by Gasteiger charge is 2.15. The summed E-state index contributed by atoms with van der Waals surface area (Å²) in [6.45, 7) is 2.71. The number of amides is 1. The van der Waals surface area contributed by atoms with Crippen LogP contribution in [0.1, 0.15) is 32.7 Å². The summed E-state index contributed by atoms with van der Waals surface area (Å²) in [6, 6.07) is 37.2. The molecule has 0 saturated heterocycles. The van der Waals surface area contributed by atoms with E-state index in [2.05, 4.69) is 40.2 Å². The molecule has 0 aliphatic heterocycles. The summed E-state index contributed by atoms with van der Waals surface area (Å²) < 4.78 is 2.22. The summed E-state index contributed by atoms with van der Waals surface area (Å²) in [4.78, 5) is 18.2. The number of carbonyl (C=O) groups excluding carboxylic acids is 1. The number of hydrogen-bond donors (Lipinski definition) is 1. The smallest absolute Gasteiger partial charge is 0.272 e. The molecule has 0 atom stereocenters. The number of hydrazone groups is 1. The van der Waals surface area contributed by atoms with Gasteiger partial charge in [-0.15, -0.1) is 0 Å². The Morgan fingerprint density at radius 1 is 0.925 bits per heavy atom. The van der Waals surface area contributed by atoms with Gasteiger partial charge in [0.2, 0.25) is 0 Å². The largest absolute Gasteiger partial charge is 0.340 e. The number of hydrogen-bond acceptors (Lipinski definition) is 4. The monoisotopic (exact) mass is 519 g/mol. The van der Waals surface area contributed by atoms with Crippen molar-refractivity contribution in [1.29, 1.82) is 5.26 Å². The molecule has 6 nitrogen and oxygen atoms in total. The average Bonchev–Trinajstić information content (AvgIpc) is 3.27. The maximum absolute atomic E-state index is 13.4. The zero-order chi connectivity index (χ0) is 27.5. The molecule has 1 amide bonds. The predicted octanol–water partition coefficient (Wildman–Crippen LogP) is 6.85. The molecule has 2 heterocycles. The van der Waals surface area contributed by atoms with E-state index in [1.54, 1.807) is 6.21 Å². The Bertz CT molecular complexity index is 1930. The second-order valence-electron chi connectivity index (χ2n) is 9.55. The Kier molecular flexibility index (Phi) is 6.61. The predicted molar refractivity (Wildman–Crippen MR) is 159 cm³/mol. The van der Waals surface area contributed by atoms with E-state index in [9.17, 15) is 4.79 Å². The highest BCUT2D eigenvalue weighted by Crippen LogP contribution is 2.27. The minimum atomic E-state index is -0.300. The van der Waals surface area contributed by atoms with Crippen LogP contribution < -0.4 is 5.43 Å². The van der Waals surface area contributed by atoms with Gasteiger partial charge in [0, 0.05) is 39.7 Å². The van der Waals surface area contributed by atoms with Crippen molar-refractivity contribution in [2.75, 3.05) is 0 Å². The second kappa shape index (κ2) is 10.7. The minimum absolute atomic E-state index is 0.300. The quantitative estimate of drug-likeness (QED) is 0.193. The molecule has 0 aliphatic carbocycles. The van der Waals surface area contributed by atoms with Gasteiger partial charge < -0.3 is 4.57 Å². The summed E-state index contributed by atoms with van der Waals surface area (Å²) in [5.74, 6) is -0.300. The molecule has 0 bridgehead atoms. The van der Waals surface area contributed by atoms with Crippen LogP contribution >= 0.6 is 0 Å². The van der Waals surface area contributed by atoms with E-state index in [1.807, 2.05) is 97.1 Å². The van der Waals surface area contributed by atoms with Crippen molar-refractivity contribution in [3.63, 3.8) is 0 Å². The van der Waals surface area contributed by atoms with E-state index in [1.165, 1.54) is 0 Å². The number of carbonyl (C=O) groups is 1. The molecular formula is C34H25N5O. The molecule has 4 aromatic carbocycles. The number of fused-ring (bicyclic) bond motifs is 2. The normalized spacial score (nSPS) is 11.2. The standard InChI is InChI=1S/C34H25N5O/c1-23-30(28-12-6-8-14-33(28)39(23)22-25-17-15-24(20-35)16-18-25)21-36-38-34(40)29-19-32(26-9-3-2-4-10-26)37-31-13-7-5-11-27(29)31/h2-19,21H,22H2,1H3,(H,38,40)/b36-21-. The van der Waals surface area contributed by atoms with Gasteiger partial charge in [-0.3, -0.25) is 4.79 Å². The Morgan fingerprint density at radius 3 is 2.40 bits per heavy atom. The Balaban J connectivity index is 1.31. The fraction of sp³-hybridized carbons (Fsp3) is 0.0588. The Morgan fingerprint density at radius 2 is 1.62 bits per heavy atom. The fourth-order valence-electron chi connectivity index (χ4n) is 5.03. The van der Waals surface area contributed by atoms with Crippen LogP contribution in [0.5, 0.6) is 0 Å². The van der Waals surface area contributed by atoms with E-state index in [0.717, 1.165) is 49.9 Å². The van der Waals surface area contributed by atoms with Crippen LogP contribution in [0.15, 0.2) is 114 Å². The lowest BCUT2D eigenvalue weighted by Crippen LogP contribution is -2.18. The maximum Gasteiger partial charge on any atom is 0.272 e. The van der Waals surface area contributed by atoms with E-state index >= 15 is 0 Å². The van der Waals surface area contributed by atoms with Crippen molar-refractivity contribution in [1.82, 2.24) is 15.0 Å². The van der Waals surface area contributed by atoms with Crippen molar-refractivity contribution in [3.8, 4) is 17.3 Å². The van der Waals surface area contributed by atoms with Gasteiger partial charge in [-0.25, -0.2) is 10.4 Å². The lowest BCUT2D eigenvalue weighted by molar-refractivity contribution is 0.0956. The number of aromatic nitrogens is 2. The molecule has 0 aliphatic rings. The number of benzene rings is 4. The number of para-hydroxylation sites is 2. The summed E-state index contributed by atoms with van der Waals surface area (Å²) in [7, 11) is 0.